The van der Waals surface area contributed by atoms with Gasteiger partial charge in [0.15, 0.2) is 0 Å². The molecule has 0 fully saturated rings. The van der Waals surface area contributed by atoms with Gasteiger partial charge in [-0.15, -0.1) is 0 Å². The Hall–Kier alpha value is -3.68. The predicted molar refractivity (Wildman–Crippen MR) is 94.8 cm³/mol. The van der Waals surface area contributed by atoms with E-state index in [2.05, 4.69) is 9.47 Å². The molecular weight excluding hydrogens is 366 g/mol. The van der Waals surface area contributed by atoms with Crippen molar-refractivity contribution in [2.75, 3.05) is 0 Å². The van der Waals surface area contributed by atoms with Gasteiger partial charge < -0.3 is 24.5 Å². The second-order valence-corrected chi connectivity index (χ2v) is 6.33. The highest BCUT2D eigenvalue weighted by Gasteiger charge is 2.34. The van der Waals surface area contributed by atoms with E-state index < -0.39 is 36.5 Å². The SMILES string of the molecule is N=C(CC(CC1c2ccccc2-c2ccccc21)C(=O)OC(=O)O)OC(=O)[O-]. The van der Waals surface area contributed by atoms with Crippen molar-refractivity contribution in [2.24, 2.45) is 5.92 Å². The molecule has 0 aromatic heterocycles. The van der Waals surface area contributed by atoms with Gasteiger partial charge in [0.2, 0.25) is 0 Å². The summed E-state index contributed by atoms with van der Waals surface area (Å²) in [7, 11) is 0. The average molecular weight is 382 g/mol. The van der Waals surface area contributed by atoms with Crippen LogP contribution in [0, 0.1) is 11.3 Å². The molecule has 1 atom stereocenters. The normalized spacial score (nSPS) is 13.1. The monoisotopic (exact) mass is 382 g/mol. The maximum atomic E-state index is 12.3. The summed E-state index contributed by atoms with van der Waals surface area (Å²) in [6.45, 7) is 0. The molecule has 0 aliphatic heterocycles. The van der Waals surface area contributed by atoms with Gasteiger partial charge in [0.25, 0.3) is 6.16 Å². The third-order valence-electron chi connectivity index (χ3n) is 4.64. The molecule has 8 heteroatoms. The van der Waals surface area contributed by atoms with Gasteiger partial charge >= 0.3 is 12.1 Å². The number of nitrogens with one attached hydrogen (secondary N) is 1. The number of carbonyl (C=O) groups is 3. The van der Waals surface area contributed by atoms with Crippen LogP contribution in [-0.4, -0.2) is 29.3 Å². The number of esters is 1. The Morgan fingerprint density at radius 2 is 1.54 bits per heavy atom. The van der Waals surface area contributed by atoms with E-state index in [1.54, 1.807) is 0 Å². The fraction of sp³-hybridized carbons (Fsp3) is 0.200. The lowest BCUT2D eigenvalue weighted by atomic mass is 9.85. The lowest BCUT2D eigenvalue weighted by Crippen LogP contribution is -2.30. The highest BCUT2D eigenvalue weighted by molar-refractivity contribution is 5.89. The van der Waals surface area contributed by atoms with Gasteiger partial charge in [-0.3, -0.25) is 10.2 Å². The van der Waals surface area contributed by atoms with Crippen LogP contribution in [0.25, 0.3) is 11.1 Å². The van der Waals surface area contributed by atoms with Gasteiger partial charge in [-0.1, -0.05) is 48.5 Å². The van der Waals surface area contributed by atoms with E-state index in [1.165, 1.54) is 0 Å². The zero-order valence-corrected chi connectivity index (χ0v) is 14.6. The third kappa shape index (κ3) is 4.01. The number of hydrogen-bond acceptors (Lipinski definition) is 7. The largest absolute Gasteiger partial charge is 0.513 e. The molecule has 0 saturated heterocycles. The number of hydrogen-bond donors (Lipinski definition) is 2. The molecule has 2 aromatic carbocycles. The number of carbonyl (C=O) groups excluding carboxylic acids is 2. The van der Waals surface area contributed by atoms with Crippen molar-refractivity contribution in [3.05, 3.63) is 59.7 Å². The number of ether oxygens (including phenoxy) is 2. The maximum Gasteiger partial charge on any atom is 0.513 e. The standard InChI is InChI=1S/C20H17NO7/c21-17(27-19(23)24)10-11(18(22)28-20(25)26)9-16-14-7-3-1-5-12(14)13-6-2-4-8-15(13)16/h1-8,11,16,21H,9-10H2,(H,23,24)(H,25,26)/p-1. The van der Waals surface area contributed by atoms with Crippen molar-refractivity contribution in [1.82, 2.24) is 0 Å². The predicted octanol–water partition coefficient (Wildman–Crippen LogP) is 2.75. The highest BCUT2D eigenvalue weighted by Crippen LogP contribution is 2.47. The van der Waals surface area contributed by atoms with E-state index in [0.717, 1.165) is 22.3 Å². The Morgan fingerprint density at radius 3 is 2.04 bits per heavy atom. The zero-order valence-electron chi connectivity index (χ0n) is 14.6. The summed E-state index contributed by atoms with van der Waals surface area (Å²) in [5, 5.41) is 26.9. The smallest absolute Gasteiger partial charge is 0.501 e. The molecule has 28 heavy (non-hydrogen) atoms. The summed E-state index contributed by atoms with van der Waals surface area (Å²) < 4.78 is 8.44. The molecule has 0 saturated carbocycles. The second-order valence-electron chi connectivity index (χ2n) is 6.33. The molecule has 2 aromatic rings. The van der Waals surface area contributed by atoms with E-state index in [-0.39, 0.29) is 12.3 Å². The fourth-order valence-electron chi connectivity index (χ4n) is 3.60. The first-order valence-electron chi connectivity index (χ1n) is 8.46. The fourth-order valence-corrected chi connectivity index (χ4v) is 3.60. The molecule has 144 valence electrons. The Kier molecular flexibility index (Phi) is 5.39. The zero-order chi connectivity index (χ0) is 20.3. The van der Waals surface area contributed by atoms with E-state index in [0.29, 0.717) is 0 Å². The quantitative estimate of drug-likeness (QED) is 0.351. The Balaban J connectivity index is 1.91. The van der Waals surface area contributed by atoms with E-state index in [4.69, 9.17) is 10.5 Å². The molecule has 0 bridgehead atoms. The number of benzene rings is 2. The first-order valence-corrected chi connectivity index (χ1v) is 8.46. The second kappa shape index (κ2) is 7.91. The minimum absolute atomic E-state index is 0.124. The van der Waals surface area contributed by atoms with Crippen molar-refractivity contribution >= 4 is 24.2 Å². The molecule has 8 nitrogen and oxygen atoms in total. The van der Waals surface area contributed by atoms with Gasteiger partial charge in [-0.2, -0.15) is 0 Å². The minimum Gasteiger partial charge on any atom is -0.501 e. The Bertz CT molecular complexity index is 908. The Morgan fingerprint density at radius 1 is 1.00 bits per heavy atom. The summed E-state index contributed by atoms with van der Waals surface area (Å²) in [5.74, 6) is -3.12. The van der Waals surface area contributed by atoms with Gasteiger partial charge in [0.05, 0.1) is 5.92 Å². The Labute approximate surface area is 159 Å². The van der Waals surface area contributed by atoms with E-state index in [9.17, 15) is 19.5 Å². The van der Waals surface area contributed by atoms with Crippen LogP contribution >= 0.6 is 0 Å². The first-order chi connectivity index (χ1) is 13.4. The van der Waals surface area contributed by atoms with Crippen molar-refractivity contribution in [3.8, 4) is 11.1 Å². The lowest BCUT2D eigenvalue weighted by Gasteiger charge is -2.21. The summed E-state index contributed by atoms with van der Waals surface area (Å²) in [5.41, 5.74) is 3.94. The maximum absolute atomic E-state index is 12.3. The lowest BCUT2D eigenvalue weighted by molar-refractivity contribution is -0.273. The molecule has 1 aliphatic carbocycles. The summed E-state index contributed by atoms with van der Waals surface area (Å²) in [6.07, 6.45) is -4.00. The van der Waals surface area contributed by atoms with Crippen LogP contribution in [0.2, 0.25) is 0 Å². The summed E-state index contributed by atoms with van der Waals surface area (Å²) in [4.78, 5) is 33.6. The van der Waals surface area contributed by atoms with E-state index in [1.807, 2.05) is 48.5 Å². The van der Waals surface area contributed by atoms with Crippen LogP contribution in [0.3, 0.4) is 0 Å². The van der Waals surface area contributed by atoms with Crippen LogP contribution in [-0.2, 0) is 14.3 Å². The van der Waals surface area contributed by atoms with Crippen molar-refractivity contribution < 1.29 is 34.1 Å². The molecule has 2 N–H and O–H groups in total. The molecule has 0 spiro atoms. The number of fused-ring (bicyclic) bond motifs is 3. The third-order valence-corrected chi connectivity index (χ3v) is 4.64. The van der Waals surface area contributed by atoms with Gasteiger partial charge in [-0.05, 0) is 28.7 Å². The van der Waals surface area contributed by atoms with Gasteiger partial charge in [0.1, 0.15) is 5.90 Å². The van der Waals surface area contributed by atoms with Crippen LogP contribution in [0.15, 0.2) is 48.5 Å². The van der Waals surface area contributed by atoms with Crippen molar-refractivity contribution in [2.45, 2.75) is 18.8 Å². The van der Waals surface area contributed by atoms with Crippen LogP contribution < -0.4 is 5.11 Å². The molecule has 0 radical (unpaired) electrons. The van der Waals surface area contributed by atoms with Crippen LogP contribution in [0.4, 0.5) is 9.59 Å². The number of rotatable bonds is 5. The average Bonchev–Trinajstić information content (AvgIpc) is 2.94. The first kappa shape index (κ1) is 19.1. The van der Waals surface area contributed by atoms with Gasteiger partial charge in [-0.25, -0.2) is 4.79 Å². The molecule has 3 rings (SSSR count). The molecular formula is C20H16NO7-. The topological polar surface area (TPSA) is 137 Å². The number of carboxylic acid groups (broad SMARTS) is 2. The summed E-state index contributed by atoms with van der Waals surface area (Å²) >= 11 is 0. The van der Waals surface area contributed by atoms with E-state index >= 15 is 0 Å². The molecule has 1 aliphatic rings. The van der Waals surface area contributed by atoms with Crippen LogP contribution in [0.1, 0.15) is 29.9 Å². The molecule has 0 amide bonds. The van der Waals surface area contributed by atoms with Gasteiger partial charge in [0, 0.05) is 12.3 Å². The van der Waals surface area contributed by atoms with Crippen molar-refractivity contribution in [1.29, 1.82) is 5.41 Å². The van der Waals surface area contributed by atoms with Crippen molar-refractivity contribution in [3.63, 3.8) is 0 Å². The molecule has 0 heterocycles. The molecule has 1 unspecified atom stereocenters. The minimum atomic E-state index is -1.92. The highest BCUT2D eigenvalue weighted by atomic mass is 16.7. The van der Waals surface area contributed by atoms with Crippen LogP contribution in [0.5, 0.6) is 0 Å². The summed E-state index contributed by atoms with van der Waals surface area (Å²) in [6, 6.07) is 15.3.